The molecular formula is C19H23NO3S. The van der Waals surface area contributed by atoms with Crippen LogP contribution in [0, 0.1) is 6.92 Å². The van der Waals surface area contributed by atoms with Crippen LogP contribution in [0.1, 0.15) is 30.5 Å². The Kier molecular flexibility index (Phi) is 5.78. The molecule has 4 nitrogen and oxygen atoms in total. The molecule has 2 rings (SSSR count). The van der Waals surface area contributed by atoms with E-state index in [-0.39, 0.29) is 12.3 Å². The molecule has 128 valence electrons. The van der Waals surface area contributed by atoms with E-state index in [1.54, 1.807) is 38.1 Å². The van der Waals surface area contributed by atoms with Crippen molar-refractivity contribution < 1.29 is 13.2 Å². The van der Waals surface area contributed by atoms with Crippen molar-refractivity contribution in [2.45, 2.75) is 43.9 Å². The Labute approximate surface area is 143 Å². The molecule has 0 bridgehead atoms. The minimum absolute atomic E-state index is 0.0871. The minimum atomic E-state index is -3.27. The molecule has 0 atom stereocenters. The number of aryl methyl sites for hydroxylation is 1. The van der Waals surface area contributed by atoms with Crippen molar-refractivity contribution in [3.63, 3.8) is 0 Å². The molecule has 1 amide bonds. The zero-order valence-electron chi connectivity index (χ0n) is 14.2. The molecule has 2 aromatic rings. The van der Waals surface area contributed by atoms with E-state index in [2.05, 4.69) is 5.32 Å². The smallest absolute Gasteiger partial charge is 0.224 e. The van der Waals surface area contributed by atoms with Crippen LogP contribution in [0.3, 0.4) is 0 Å². The Balaban J connectivity index is 1.95. The number of carbonyl (C=O) groups is 1. The fourth-order valence-electron chi connectivity index (χ4n) is 2.34. The summed E-state index contributed by atoms with van der Waals surface area (Å²) in [6.45, 7) is 5.81. The van der Waals surface area contributed by atoms with Gasteiger partial charge in [0.2, 0.25) is 5.91 Å². The summed E-state index contributed by atoms with van der Waals surface area (Å²) in [4.78, 5) is 12.3. The van der Waals surface area contributed by atoms with Crippen LogP contribution < -0.4 is 5.32 Å². The first kappa shape index (κ1) is 18.2. The quantitative estimate of drug-likeness (QED) is 0.875. The third-order valence-corrected chi connectivity index (χ3v) is 5.98. The SMILES string of the molecule is Cc1cccc(CNC(=O)Cc2ccc(S(=O)(=O)C(C)C)cc2)c1. The third kappa shape index (κ3) is 4.68. The van der Waals surface area contributed by atoms with E-state index in [9.17, 15) is 13.2 Å². The summed E-state index contributed by atoms with van der Waals surface area (Å²) >= 11 is 0. The van der Waals surface area contributed by atoms with Gasteiger partial charge in [0.15, 0.2) is 9.84 Å². The normalized spacial score (nSPS) is 11.5. The van der Waals surface area contributed by atoms with Crippen molar-refractivity contribution in [2.75, 3.05) is 0 Å². The van der Waals surface area contributed by atoms with Gasteiger partial charge in [-0.1, -0.05) is 42.0 Å². The molecule has 0 aliphatic rings. The van der Waals surface area contributed by atoms with Crippen LogP contribution in [0.2, 0.25) is 0 Å². The van der Waals surface area contributed by atoms with Gasteiger partial charge in [-0.15, -0.1) is 0 Å². The van der Waals surface area contributed by atoms with Crippen molar-refractivity contribution in [3.05, 3.63) is 65.2 Å². The second-order valence-electron chi connectivity index (χ2n) is 6.18. The zero-order valence-corrected chi connectivity index (χ0v) is 15.1. The fraction of sp³-hybridized carbons (Fsp3) is 0.316. The van der Waals surface area contributed by atoms with Crippen molar-refractivity contribution >= 4 is 15.7 Å². The summed E-state index contributed by atoms with van der Waals surface area (Å²) in [5.74, 6) is -0.0871. The van der Waals surface area contributed by atoms with Crippen molar-refractivity contribution in [1.82, 2.24) is 5.32 Å². The maximum atomic E-state index is 12.1. The van der Waals surface area contributed by atoms with Gasteiger partial charge < -0.3 is 5.32 Å². The van der Waals surface area contributed by atoms with E-state index in [0.717, 1.165) is 16.7 Å². The lowest BCUT2D eigenvalue weighted by Crippen LogP contribution is -2.24. The van der Waals surface area contributed by atoms with Crippen LogP contribution in [-0.2, 0) is 27.6 Å². The van der Waals surface area contributed by atoms with Gasteiger partial charge in [-0.3, -0.25) is 4.79 Å². The zero-order chi connectivity index (χ0) is 17.7. The number of carbonyl (C=O) groups excluding carboxylic acids is 1. The number of nitrogens with one attached hydrogen (secondary N) is 1. The van der Waals surface area contributed by atoms with Gasteiger partial charge >= 0.3 is 0 Å². The maximum Gasteiger partial charge on any atom is 0.224 e. The topological polar surface area (TPSA) is 63.2 Å². The van der Waals surface area contributed by atoms with Crippen molar-refractivity contribution in [2.24, 2.45) is 0 Å². The minimum Gasteiger partial charge on any atom is -0.352 e. The lowest BCUT2D eigenvalue weighted by atomic mass is 10.1. The molecule has 0 unspecified atom stereocenters. The van der Waals surface area contributed by atoms with E-state index in [1.807, 2.05) is 31.2 Å². The highest BCUT2D eigenvalue weighted by Gasteiger charge is 2.18. The molecule has 0 saturated carbocycles. The lowest BCUT2D eigenvalue weighted by Gasteiger charge is -2.09. The number of amides is 1. The Morgan fingerprint density at radius 2 is 1.71 bits per heavy atom. The molecule has 0 aliphatic heterocycles. The molecular weight excluding hydrogens is 322 g/mol. The van der Waals surface area contributed by atoms with Gasteiger partial charge in [0.05, 0.1) is 16.6 Å². The first-order valence-corrected chi connectivity index (χ1v) is 9.49. The predicted molar refractivity (Wildman–Crippen MR) is 95.5 cm³/mol. The van der Waals surface area contributed by atoms with E-state index in [0.29, 0.717) is 11.4 Å². The molecule has 0 heterocycles. The highest BCUT2D eigenvalue weighted by molar-refractivity contribution is 7.92. The number of hydrogen-bond acceptors (Lipinski definition) is 3. The van der Waals surface area contributed by atoms with Gasteiger partial charge in [-0.25, -0.2) is 8.42 Å². The largest absolute Gasteiger partial charge is 0.352 e. The van der Waals surface area contributed by atoms with Crippen LogP contribution in [0.25, 0.3) is 0 Å². The lowest BCUT2D eigenvalue weighted by molar-refractivity contribution is -0.120. The molecule has 0 spiro atoms. The van der Waals surface area contributed by atoms with E-state index < -0.39 is 15.1 Å². The van der Waals surface area contributed by atoms with Gasteiger partial charge in [0.1, 0.15) is 0 Å². The Morgan fingerprint density at radius 1 is 1.04 bits per heavy atom. The van der Waals surface area contributed by atoms with Gasteiger partial charge in [0.25, 0.3) is 0 Å². The van der Waals surface area contributed by atoms with Crippen LogP contribution in [0.5, 0.6) is 0 Å². The number of hydrogen-bond donors (Lipinski definition) is 1. The molecule has 1 N–H and O–H groups in total. The van der Waals surface area contributed by atoms with Gasteiger partial charge in [0, 0.05) is 6.54 Å². The summed E-state index contributed by atoms with van der Waals surface area (Å²) in [5.41, 5.74) is 3.00. The Hall–Kier alpha value is -2.14. The summed E-state index contributed by atoms with van der Waals surface area (Å²) in [5, 5.41) is 2.42. The molecule has 24 heavy (non-hydrogen) atoms. The van der Waals surface area contributed by atoms with Crippen LogP contribution in [0.4, 0.5) is 0 Å². The molecule has 0 radical (unpaired) electrons. The second kappa shape index (κ2) is 7.62. The van der Waals surface area contributed by atoms with Crippen LogP contribution in [0.15, 0.2) is 53.4 Å². The van der Waals surface area contributed by atoms with E-state index in [1.165, 1.54) is 0 Å². The fourth-order valence-corrected chi connectivity index (χ4v) is 3.40. The van der Waals surface area contributed by atoms with Crippen molar-refractivity contribution in [3.8, 4) is 0 Å². The third-order valence-electron chi connectivity index (χ3n) is 3.81. The highest BCUT2D eigenvalue weighted by Crippen LogP contribution is 2.16. The number of benzene rings is 2. The summed E-state index contributed by atoms with van der Waals surface area (Å²) < 4.78 is 24.1. The molecule has 0 fully saturated rings. The molecule has 0 saturated heterocycles. The number of sulfone groups is 1. The van der Waals surface area contributed by atoms with Crippen LogP contribution in [-0.4, -0.2) is 19.6 Å². The molecule has 0 aliphatic carbocycles. The molecule has 5 heteroatoms. The Morgan fingerprint density at radius 3 is 2.29 bits per heavy atom. The molecule has 2 aromatic carbocycles. The average Bonchev–Trinajstić information content (AvgIpc) is 2.53. The van der Waals surface area contributed by atoms with Gasteiger partial charge in [-0.05, 0) is 44.0 Å². The van der Waals surface area contributed by atoms with Crippen LogP contribution >= 0.6 is 0 Å². The summed E-state index contributed by atoms with van der Waals surface area (Å²) in [6, 6.07) is 14.5. The number of rotatable bonds is 6. The standard InChI is InChI=1S/C19H23NO3S/c1-14(2)24(22,23)18-9-7-16(8-10-18)12-19(21)20-13-17-6-4-5-15(3)11-17/h4-11,14H,12-13H2,1-3H3,(H,20,21). The first-order chi connectivity index (χ1) is 11.3. The summed E-state index contributed by atoms with van der Waals surface area (Å²) in [6.07, 6.45) is 0.230. The average molecular weight is 345 g/mol. The summed E-state index contributed by atoms with van der Waals surface area (Å²) in [7, 11) is -3.27. The maximum absolute atomic E-state index is 12.1. The first-order valence-electron chi connectivity index (χ1n) is 7.94. The second-order valence-corrected chi connectivity index (χ2v) is 8.68. The molecule has 0 aromatic heterocycles. The van der Waals surface area contributed by atoms with E-state index in [4.69, 9.17) is 0 Å². The Bertz CT molecular complexity index is 809. The van der Waals surface area contributed by atoms with Gasteiger partial charge in [-0.2, -0.15) is 0 Å². The van der Waals surface area contributed by atoms with Crippen molar-refractivity contribution in [1.29, 1.82) is 0 Å². The van der Waals surface area contributed by atoms with E-state index >= 15 is 0 Å². The predicted octanol–water partition coefficient (Wildman–Crippen LogP) is 3.04. The monoisotopic (exact) mass is 345 g/mol. The highest BCUT2D eigenvalue weighted by atomic mass is 32.2.